The molecule has 0 aliphatic heterocycles. The number of nitrogens with two attached hydrogens (primary N) is 1. The largest absolute Gasteiger partial charge is 0.411 e. The van der Waals surface area contributed by atoms with Crippen LogP contribution in [0.2, 0.25) is 0 Å². The van der Waals surface area contributed by atoms with Crippen LogP contribution in [-0.4, -0.2) is 30.3 Å². The summed E-state index contributed by atoms with van der Waals surface area (Å²) in [5.74, 6) is -1.47. The first-order valence-electron chi connectivity index (χ1n) is 5.23. The van der Waals surface area contributed by atoms with Crippen molar-refractivity contribution in [3.8, 4) is 0 Å². The van der Waals surface area contributed by atoms with E-state index in [4.69, 9.17) is 5.73 Å². The zero-order valence-electron chi connectivity index (χ0n) is 9.96. The molecule has 0 saturated carbocycles. The van der Waals surface area contributed by atoms with Gasteiger partial charge in [0.2, 0.25) is 5.91 Å². The molecule has 0 unspecified atom stereocenters. The summed E-state index contributed by atoms with van der Waals surface area (Å²) in [5, 5.41) is 2.24. The molecule has 0 radical (unpaired) electrons. The third kappa shape index (κ3) is 5.49. The van der Waals surface area contributed by atoms with Crippen molar-refractivity contribution in [3.63, 3.8) is 0 Å². The van der Waals surface area contributed by atoms with Crippen molar-refractivity contribution in [1.29, 1.82) is 0 Å². The molecule has 1 aromatic carbocycles. The molecule has 20 heavy (non-hydrogen) atoms. The summed E-state index contributed by atoms with van der Waals surface area (Å²) in [7, 11) is 0. The summed E-state index contributed by atoms with van der Waals surface area (Å²) in [6.45, 7) is -2.30. The lowest BCUT2D eigenvalue weighted by Gasteiger charge is -2.09. The summed E-state index contributed by atoms with van der Waals surface area (Å²) < 4.78 is 52.8. The van der Waals surface area contributed by atoms with E-state index < -0.39 is 31.1 Å². The maximum absolute atomic E-state index is 13.3. The van der Waals surface area contributed by atoms with Gasteiger partial charge in [-0.3, -0.25) is 4.79 Å². The van der Waals surface area contributed by atoms with Gasteiger partial charge in [0, 0.05) is 11.3 Å². The van der Waals surface area contributed by atoms with Gasteiger partial charge in [-0.1, -0.05) is 12.2 Å². The lowest BCUT2D eigenvalue weighted by molar-refractivity contribution is -0.174. The number of halogens is 4. The molecule has 0 aliphatic carbocycles. The smallest absolute Gasteiger partial charge is 0.389 e. The van der Waals surface area contributed by atoms with E-state index in [1.54, 1.807) is 0 Å². The summed E-state index contributed by atoms with van der Waals surface area (Å²) >= 11 is 4.61. The highest BCUT2D eigenvalue weighted by Gasteiger charge is 2.27. The Kier molecular flexibility index (Phi) is 5.40. The second kappa shape index (κ2) is 6.62. The molecule has 0 aliphatic rings. The number of alkyl halides is 3. The third-order valence-electron chi connectivity index (χ3n) is 2.01. The van der Waals surface area contributed by atoms with E-state index in [2.05, 4.69) is 22.3 Å². The number of hydrogen-bond acceptors (Lipinski definition) is 3. The van der Waals surface area contributed by atoms with Crippen LogP contribution in [0.15, 0.2) is 18.2 Å². The molecule has 0 saturated heterocycles. The van der Waals surface area contributed by atoms with Crippen LogP contribution >= 0.6 is 12.2 Å². The first kappa shape index (κ1) is 16.3. The highest BCUT2D eigenvalue weighted by molar-refractivity contribution is 7.80. The number of ether oxygens (including phenoxy) is 1. The van der Waals surface area contributed by atoms with Gasteiger partial charge in [0.05, 0.1) is 0 Å². The van der Waals surface area contributed by atoms with Crippen LogP contribution in [0.1, 0.15) is 5.56 Å². The van der Waals surface area contributed by atoms with Crippen molar-refractivity contribution >= 4 is 28.8 Å². The maximum atomic E-state index is 13.3. The number of benzene rings is 1. The van der Waals surface area contributed by atoms with Gasteiger partial charge in [-0.05, 0) is 18.2 Å². The highest BCUT2D eigenvalue weighted by Crippen LogP contribution is 2.16. The molecule has 0 aromatic heterocycles. The van der Waals surface area contributed by atoms with E-state index in [1.165, 1.54) is 12.1 Å². The van der Waals surface area contributed by atoms with Crippen LogP contribution in [-0.2, 0) is 9.53 Å². The fourth-order valence-corrected chi connectivity index (χ4v) is 1.40. The van der Waals surface area contributed by atoms with Gasteiger partial charge in [0.1, 0.15) is 24.0 Å². The van der Waals surface area contributed by atoms with Crippen molar-refractivity contribution in [1.82, 2.24) is 0 Å². The zero-order valence-corrected chi connectivity index (χ0v) is 10.8. The molecule has 0 spiro atoms. The minimum Gasteiger partial charge on any atom is -0.389 e. The molecule has 0 atom stereocenters. The Labute approximate surface area is 116 Å². The van der Waals surface area contributed by atoms with Crippen molar-refractivity contribution in [2.24, 2.45) is 5.73 Å². The summed E-state index contributed by atoms with van der Waals surface area (Å²) in [4.78, 5) is 11.1. The van der Waals surface area contributed by atoms with E-state index in [9.17, 15) is 22.4 Å². The normalized spacial score (nSPS) is 11.2. The van der Waals surface area contributed by atoms with Crippen LogP contribution in [0, 0.1) is 5.82 Å². The number of rotatable bonds is 5. The fourth-order valence-electron chi connectivity index (χ4n) is 1.25. The monoisotopic (exact) mass is 310 g/mol. The van der Waals surface area contributed by atoms with Crippen molar-refractivity contribution < 1.29 is 27.1 Å². The fraction of sp³-hybridized carbons (Fsp3) is 0.273. The van der Waals surface area contributed by atoms with Crippen molar-refractivity contribution in [2.45, 2.75) is 6.18 Å². The number of thiocarbonyl (C=S) groups is 1. The van der Waals surface area contributed by atoms with Crippen LogP contribution in [0.25, 0.3) is 0 Å². The molecular weight excluding hydrogens is 300 g/mol. The van der Waals surface area contributed by atoms with E-state index in [0.29, 0.717) is 0 Å². The van der Waals surface area contributed by atoms with Crippen LogP contribution in [0.4, 0.5) is 23.2 Å². The molecule has 0 fully saturated rings. The molecule has 0 heterocycles. The van der Waals surface area contributed by atoms with Crippen LogP contribution in [0.5, 0.6) is 0 Å². The Morgan fingerprint density at radius 1 is 1.40 bits per heavy atom. The number of carbonyl (C=O) groups is 1. The Balaban J connectivity index is 2.58. The van der Waals surface area contributed by atoms with Gasteiger partial charge in [-0.25, -0.2) is 4.39 Å². The molecule has 110 valence electrons. The van der Waals surface area contributed by atoms with Gasteiger partial charge in [0.15, 0.2) is 0 Å². The first-order valence-corrected chi connectivity index (χ1v) is 5.63. The molecule has 1 amide bonds. The zero-order chi connectivity index (χ0) is 15.3. The van der Waals surface area contributed by atoms with Crippen molar-refractivity contribution in [3.05, 3.63) is 29.6 Å². The summed E-state index contributed by atoms with van der Waals surface area (Å²) in [6, 6.07) is 3.43. The average Bonchev–Trinajstić information content (AvgIpc) is 2.29. The standard InChI is InChI=1S/C11H10F4N2O2S/c12-8-2-1-6(3-7(8)10(16)20)17-9(18)4-19-5-11(13,14)15/h1-3H,4-5H2,(H2,16,20)(H,17,18). The number of carbonyl (C=O) groups excluding carboxylic acids is 1. The molecule has 0 bridgehead atoms. The lowest BCUT2D eigenvalue weighted by atomic mass is 10.2. The van der Waals surface area contributed by atoms with Gasteiger partial charge < -0.3 is 15.8 Å². The quantitative estimate of drug-likeness (QED) is 0.645. The second-order valence-corrected chi connectivity index (χ2v) is 4.15. The SMILES string of the molecule is NC(=S)c1cc(NC(=O)COCC(F)(F)F)ccc1F. The van der Waals surface area contributed by atoms with Crippen LogP contribution in [0.3, 0.4) is 0 Å². The Morgan fingerprint density at radius 3 is 2.60 bits per heavy atom. The summed E-state index contributed by atoms with van der Waals surface area (Å²) in [6.07, 6.45) is -4.50. The number of anilines is 1. The van der Waals surface area contributed by atoms with Gasteiger partial charge in [0.25, 0.3) is 0 Å². The third-order valence-corrected chi connectivity index (χ3v) is 2.23. The summed E-state index contributed by atoms with van der Waals surface area (Å²) in [5.41, 5.74) is 5.34. The number of hydrogen-bond donors (Lipinski definition) is 2. The van der Waals surface area contributed by atoms with E-state index in [-0.39, 0.29) is 16.2 Å². The minimum atomic E-state index is -4.50. The Bertz CT molecular complexity index is 520. The lowest BCUT2D eigenvalue weighted by Crippen LogP contribution is -2.24. The van der Waals surface area contributed by atoms with E-state index >= 15 is 0 Å². The maximum Gasteiger partial charge on any atom is 0.411 e. The second-order valence-electron chi connectivity index (χ2n) is 3.72. The first-order chi connectivity index (χ1) is 9.19. The van der Waals surface area contributed by atoms with Gasteiger partial charge in [-0.15, -0.1) is 0 Å². The van der Waals surface area contributed by atoms with Gasteiger partial charge in [-0.2, -0.15) is 13.2 Å². The predicted molar refractivity (Wildman–Crippen MR) is 67.8 cm³/mol. The number of amides is 1. The molecule has 1 aromatic rings. The van der Waals surface area contributed by atoms with E-state index in [0.717, 1.165) is 6.07 Å². The topological polar surface area (TPSA) is 64.3 Å². The minimum absolute atomic E-state index is 0.0750. The van der Waals surface area contributed by atoms with Gasteiger partial charge >= 0.3 is 6.18 Å². The Morgan fingerprint density at radius 2 is 2.05 bits per heavy atom. The predicted octanol–water partition coefficient (Wildman–Crippen LogP) is 1.98. The number of nitrogens with one attached hydrogen (secondary N) is 1. The average molecular weight is 310 g/mol. The van der Waals surface area contributed by atoms with Crippen LogP contribution < -0.4 is 11.1 Å². The molecular formula is C11H10F4N2O2S. The molecule has 9 heteroatoms. The van der Waals surface area contributed by atoms with E-state index in [1.807, 2.05) is 0 Å². The molecule has 1 rings (SSSR count). The molecule has 3 N–H and O–H groups in total. The molecule has 4 nitrogen and oxygen atoms in total. The van der Waals surface area contributed by atoms with Crippen molar-refractivity contribution in [2.75, 3.05) is 18.5 Å². The highest BCUT2D eigenvalue weighted by atomic mass is 32.1. The Hall–Kier alpha value is -1.74.